The molecule has 0 aromatic heterocycles. The molecular weight excluding hydrogens is 311 g/mol. The van der Waals surface area contributed by atoms with Crippen molar-refractivity contribution in [3.05, 3.63) is 33.3 Å². The second kappa shape index (κ2) is 7.76. The zero-order valence-corrected chi connectivity index (χ0v) is 12.3. The van der Waals surface area contributed by atoms with Gasteiger partial charge in [-0.2, -0.15) is 0 Å². The zero-order valence-electron chi connectivity index (χ0n) is 10.8. The minimum Gasteiger partial charge on any atom is -0.466 e. The summed E-state index contributed by atoms with van der Waals surface area (Å²) >= 11 is 11.9. The lowest BCUT2D eigenvalue weighted by molar-refractivity contribution is -0.143. The molecule has 1 unspecified atom stereocenters. The minimum absolute atomic E-state index is 0.00390. The molecule has 0 aliphatic heterocycles. The normalized spacial score (nSPS) is 12.6. The molecule has 0 heterocycles. The van der Waals surface area contributed by atoms with Gasteiger partial charge in [0.25, 0.3) is 6.43 Å². The lowest BCUT2D eigenvalue weighted by atomic mass is 9.91. The van der Waals surface area contributed by atoms with Crippen molar-refractivity contribution in [3.63, 3.8) is 0 Å². The average molecular weight is 326 g/mol. The van der Waals surface area contributed by atoms with Crippen molar-refractivity contribution in [2.45, 2.75) is 25.7 Å². The van der Waals surface area contributed by atoms with Crippen LogP contribution in [0.1, 0.15) is 36.8 Å². The van der Waals surface area contributed by atoms with E-state index in [2.05, 4.69) is 0 Å². The first kappa shape index (κ1) is 17.1. The molecule has 0 radical (unpaired) electrons. The Morgan fingerprint density at radius 3 is 2.55 bits per heavy atom. The molecule has 1 rings (SSSR count). The van der Waals surface area contributed by atoms with Crippen LogP contribution in [0.4, 0.5) is 8.78 Å². The number of halogens is 4. The van der Waals surface area contributed by atoms with Gasteiger partial charge in [0.1, 0.15) is 0 Å². The van der Waals surface area contributed by atoms with Gasteiger partial charge in [0, 0.05) is 11.5 Å². The number of esters is 1. The molecule has 0 saturated heterocycles. The molecule has 0 spiro atoms. The van der Waals surface area contributed by atoms with Crippen LogP contribution >= 0.6 is 23.2 Å². The van der Waals surface area contributed by atoms with Crippen molar-refractivity contribution < 1.29 is 18.3 Å². The molecule has 0 aliphatic carbocycles. The molecule has 20 heavy (non-hydrogen) atoms. The summed E-state index contributed by atoms with van der Waals surface area (Å²) in [4.78, 5) is 11.5. The Hall–Kier alpha value is -0.910. The first-order valence-corrected chi connectivity index (χ1v) is 6.79. The highest BCUT2D eigenvalue weighted by Crippen LogP contribution is 2.39. The van der Waals surface area contributed by atoms with Crippen LogP contribution < -0.4 is 5.73 Å². The second-order valence-corrected chi connectivity index (χ2v) is 4.89. The van der Waals surface area contributed by atoms with E-state index in [-0.39, 0.29) is 40.7 Å². The summed E-state index contributed by atoms with van der Waals surface area (Å²) in [6.45, 7) is 1.85. The number of carbonyl (C=O) groups is 1. The fourth-order valence-electron chi connectivity index (χ4n) is 1.91. The summed E-state index contributed by atoms with van der Waals surface area (Å²) in [5.41, 5.74) is 5.43. The maximum Gasteiger partial charge on any atom is 0.306 e. The average Bonchev–Trinajstić information content (AvgIpc) is 2.39. The first-order chi connectivity index (χ1) is 9.42. The van der Waals surface area contributed by atoms with E-state index in [0.29, 0.717) is 0 Å². The Morgan fingerprint density at radius 2 is 2.05 bits per heavy atom. The number of benzene rings is 1. The van der Waals surface area contributed by atoms with E-state index in [1.807, 2.05) is 0 Å². The van der Waals surface area contributed by atoms with Crippen molar-refractivity contribution in [1.82, 2.24) is 0 Å². The molecule has 0 fully saturated rings. The van der Waals surface area contributed by atoms with Crippen molar-refractivity contribution in [3.8, 4) is 0 Å². The van der Waals surface area contributed by atoms with E-state index in [1.54, 1.807) is 6.92 Å². The lowest BCUT2D eigenvalue weighted by Gasteiger charge is -2.20. The van der Waals surface area contributed by atoms with E-state index in [1.165, 1.54) is 12.1 Å². The third-order valence-electron chi connectivity index (χ3n) is 2.81. The second-order valence-electron chi connectivity index (χ2n) is 4.11. The monoisotopic (exact) mass is 325 g/mol. The molecular formula is C13H15Cl2F2NO2. The topological polar surface area (TPSA) is 52.3 Å². The number of rotatable bonds is 6. The highest BCUT2D eigenvalue weighted by atomic mass is 35.5. The van der Waals surface area contributed by atoms with Crippen molar-refractivity contribution in [2.75, 3.05) is 13.2 Å². The number of hydrogen-bond acceptors (Lipinski definition) is 3. The van der Waals surface area contributed by atoms with E-state index in [4.69, 9.17) is 33.7 Å². The Kier molecular flexibility index (Phi) is 6.65. The largest absolute Gasteiger partial charge is 0.466 e. The predicted molar refractivity (Wildman–Crippen MR) is 74.5 cm³/mol. The van der Waals surface area contributed by atoms with Gasteiger partial charge in [0.2, 0.25) is 0 Å². The van der Waals surface area contributed by atoms with Crippen molar-refractivity contribution in [2.24, 2.45) is 5.73 Å². The molecule has 1 aromatic carbocycles. The van der Waals surface area contributed by atoms with Crippen LogP contribution in [-0.4, -0.2) is 19.1 Å². The van der Waals surface area contributed by atoms with Crippen LogP contribution in [0.15, 0.2) is 12.1 Å². The van der Waals surface area contributed by atoms with E-state index in [9.17, 15) is 13.6 Å². The Bertz CT molecular complexity index is 484. The summed E-state index contributed by atoms with van der Waals surface area (Å²) in [6, 6.07) is 2.49. The molecule has 0 bridgehead atoms. The fourth-order valence-corrected chi connectivity index (χ4v) is 2.40. The van der Waals surface area contributed by atoms with E-state index in [0.717, 1.165) is 0 Å². The Balaban J connectivity index is 3.19. The van der Waals surface area contributed by atoms with Gasteiger partial charge >= 0.3 is 5.97 Å². The standard InChI is InChI=1S/C13H15Cl2F2NO2/c1-2-20-10(19)5-7(6-18)11-8(13(16)17)3-4-9(14)12(11)15/h3-4,7,13H,2,5-6,18H2,1H3. The number of ether oxygens (including phenoxy) is 1. The van der Waals surface area contributed by atoms with Crippen LogP contribution in [0.5, 0.6) is 0 Å². The quantitative estimate of drug-likeness (QED) is 0.806. The summed E-state index contributed by atoms with van der Waals surface area (Å²) in [7, 11) is 0. The van der Waals surface area contributed by atoms with Gasteiger partial charge in [0.05, 0.1) is 23.1 Å². The number of nitrogens with two attached hydrogens (primary N) is 1. The molecule has 1 atom stereocenters. The van der Waals surface area contributed by atoms with Crippen LogP contribution in [0.3, 0.4) is 0 Å². The van der Waals surface area contributed by atoms with Crippen LogP contribution in [0, 0.1) is 0 Å². The number of carbonyl (C=O) groups excluding carboxylic acids is 1. The lowest BCUT2D eigenvalue weighted by Crippen LogP contribution is -2.20. The maximum atomic E-state index is 13.1. The van der Waals surface area contributed by atoms with Gasteiger partial charge in [-0.25, -0.2) is 8.78 Å². The van der Waals surface area contributed by atoms with E-state index < -0.39 is 18.3 Å². The number of alkyl halides is 2. The van der Waals surface area contributed by atoms with Crippen molar-refractivity contribution >= 4 is 29.2 Å². The third kappa shape index (κ3) is 4.04. The van der Waals surface area contributed by atoms with Crippen LogP contribution in [0.2, 0.25) is 10.0 Å². The summed E-state index contributed by atoms with van der Waals surface area (Å²) in [5, 5.41) is 0.151. The molecule has 3 nitrogen and oxygen atoms in total. The zero-order chi connectivity index (χ0) is 15.3. The SMILES string of the molecule is CCOC(=O)CC(CN)c1c(C(F)F)ccc(Cl)c1Cl. The summed E-state index contributed by atoms with van der Waals surface area (Å²) in [5.74, 6) is -1.18. The minimum atomic E-state index is -2.73. The summed E-state index contributed by atoms with van der Waals surface area (Å²) < 4.78 is 30.9. The van der Waals surface area contributed by atoms with Crippen LogP contribution in [-0.2, 0) is 9.53 Å². The molecule has 0 amide bonds. The van der Waals surface area contributed by atoms with Gasteiger partial charge in [0.15, 0.2) is 0 Å². The smallest absolute Gasteiger partial charge is 0.306 e. The van der Waals surface area contributed by atoms with Crippen molar-refractivity contribution in [1.29, 1.82) is 0 Å². The molecule has 1 aromatic rings. The fraction of sp³-hybridized carbons (Fsp3) is 0.462. The van der Waals surface area contributed by atoms with Crippen LogP contribution in [0.25, 0.3) is 0 Å². The molecule has 7 heteroatoms. The summed E-state index contributed by atoms with van der Waals surface area (Å²) in [6.07, 6.45) is -2.85. The van der Waals surface area contributed by atoms with Gasteiger partial charge in [-0.05, 0) is 25.1 Å². The van der Waals surface area contributed by atoms with Gasteiger partial charge in [-0.15, -0.1) is 0 Å². The highest BCUT2D eigenvalue weighted by molar-refractivity contribution is 6.42. The third-order valence-corrected chi connectivity index (χ3v) is 3.63. The van der Waals surface area contributed by atoms with E-state index >= 15 is 0 Å². The molecule has 112 valence electrons. The number of hydrogen-bond donors (Lipinski definition) is 1. The highest BCUT2D eigenvalue weighted by Gasteiger charge is 2.26. The molecule has 0 aliphatic rings. The molecule has 0 saturated carbocycles. The Morgan fingerprint density at radius 1 is 1.40 bits per heavy atom. The molecule has 2 N–H and O–H groups in total. The van der Waals surface area contributed by atoms with Gasteiger partial charge < -0.3 is 10.5 Å². The van der Waals surface area contributed by atoms with Gasteiger partial charge in [-0.3, -0.25) is 4.79 Å². The predicted octanol–water partition coefficient (Wildman–Crippen LogP) is 3.93. The van der Waals surface area contributed by atoms with Gasteiger partial charge in [-0.1, -0.05) is 29.3 Å². The Labute approximate surface area is 126 Å². The maximum absolute atomic E-state index is 13.1. The first-order valence-electron chi connectivity index (χ1n) is 6.03.